The average Bonchev–Trinajstić information content (AvgIpc) is 2.77. The highest BCUT2D eigenvalue weighted by molar-refractivity contribution is 6.06. The normalized spacial score (nSPS) is 10.7. The molecule has 0 spiro atoms. The Morgan fingerprint density at radius 2 is 1.25 bits per heavy atom. The molecular formula is C24H21NO3. The zero-order valence-corrected chi connectivity index (χ0v) is 16.1. The minimum Gasteiger partial charge on any atom is -0.493 e. The Hall–Kier alpha value is -3.53. The largest absolute Gasteiger partial charge is 0.493 e. The highest BCUT2D eigenvalue weighted by Crippen LogP contribution is 2.47. The summed E-state index contributed by atoms with van der Waals surface area (Å²) in [4.78, 5) is 4.82. The van der Waals surface area contributed by atoms with Crippen LogP contribution in [-0.2, 0) is 0 Å². The first kappa shape index (κ1) is 17.9. The molecule has 0 amide bonds. The third-order valence-corrected chi connectivity index (χ3v) is 4.81. The van der Waals surface area contributed by atoms with Crippen LogP contribution in [-0.4, -0.2) is 26.3 Å². The Kier molecular flexibility index (Phi) is 4.85. The van der Waals surface area contributed by atoms with E-state index in [-0.39, 0.29) is 0 Å². The fourth-order valence-electron chi connectivity index (χ4n) is 3.55. The first-order valence-corrected chi connectivity index (χ1v) is 9.01. The van der Waals surface area contributed by atoms with Gasteiger partial charge in [-0.15, -0.1) is 0 Å². The second kappa shape index (κ2) is 7.61. The van der Waals surface area contributed by atoms with Crippen molar-refractivity contribution in [2.24, 2.45) is 0 Å². The van der Waals surface area contributed by atoms with E-state index in [2.05, 4.69) is 24.3 Å². The van der Waals surface area contributed by atoms with Crippen LogP contribution in [0.3, 0.4) is 0 Å². The molecule has 4 nitrogen and oxygen atoms in total. The van der Waals surface area contributed by atoms with Gasteiger partial charge in [-0.3, -0.25) is 4.98 Å². The zero-order valence-electron chi connectivity index (χ0n) is 16.1. The number of benzene rings is 3. The third kappa shape index (κ3) is 2.93. The lowest BCUT2D eigenvalue weighted by molar-refractivity contribution is 0.327. The molecule has 0 bridgehead atoms. The molecule has 1 aromatic heterocycles. The molecule has 0 radical (unpaired) electrons. The number of pyridine rings is 1. The van der Waals surface area contributed by atoms with E-state index in [0.29, 0.717) is 17.2 Å². The summed E-state index contributed by atoms with van der Waals surface area (Å²) in [6, 6.07) is 22.4. The fourth-order valence-corrected chi connectivity index (χ4v) is 3.55. The van der Waals surface area contributed by atoms with Crippen molar-refractivity contribution >= 4 is 10.8 Å². The number of rotatable bonds is 5. The Bertz CT molecular complexity index is 1110. The van der Waals surface area contributed by atoms with Crippen LogP contribution in [0.1, 0.15) is 0 Å². The minimum atomic E-state index is 0.561. The van der Waals surface area contributed by atoms with E-state index >= 15 is 0 Å². The average molecular weight is 371 g/mol. The van der Waals surface area contributed by atoms with Crippen LogP contribution in [0.4, 0.5) is 0 Å². The molecule has 28 heavy (non-hydrogen) atoms. The van der Waals surface area contributed by atoms with E-state index in [1.165, 1.54) is 0 Å². The number of fused-ring (bicyclic) bond motifs is 1. The lowest BCUT2D eigenvalue weighted by Gasteiger charge is -2.18. The molecule has 0 aliphatic heterocycles. The topological polar surface area (TPSA) is 40.6 Å². The lowest BCUT2D eigenvalue weighted by Crippen LogP contribution is -1.98. The lowest BCUT2D eigenvalue weighted by atomic mass is 9.93. The van der Waals surface area contributed by atoms with Crippen LogP contribution in [0, 0.1) is 0 Å². The summed E-state index contributed by atoms with van der Waals surface area (Å²) in [6.45, 7) is 0. The summed E-state index contributed by atoms with van der Waals surface area (Å²) in [5, 5.41) is 1.87. The monoisotopic (exact) mass is 371 g/mol. The zero-order chi connectivity index (χ0) is 19.5. The molecule has 0 fully saturated rings. The molecule has 140 valence electrons. The van der Waals surface area contributed by atoms with Gasteiger partial charge in [0.15, 0.2) is 11.5 Å². The minimum absolute atomic E-state index is 0.561. The second-order valence-electron chi connectivity index (χ2n) is 6.32. The molecule has 4 rings (SSSR count). The summed E-state index contributed by atoms with van der Waals surface area (Å²) in [5.74, 6) is 1.79. The van der Waals surface area contributed by atoms with Crippen molar-refractivity contribution in [3.05, 3.63) is 72.9 Å². The smallest absolute Gasteiger partial charge is 0.204 e. The molecule has 0 saturated heterocycles. The molecule has 0 aliphatic carbocycles. The molecule has 0 saturated carbocycles. The summed E-state index contributed by atoms with van der Waals surface area (Å²) < 4.78 is 16.8. The number of hydrogen-bond acceptors (Lipinski definition) is 4. The van der Waals surface area contributed by atoms with Crippen LogP contribution in [0.5, 0.6) is 17.2 Å². The molecule has 4 heteroatoms. The standard InChI is InChI=1S/C24H21NO3/c1-26-20-14-18-19(23(27-2)24(20)28-3)15-25-22(17-12-8-5-9-13-17)21(18)16-10-6-4-7-11-16/h4-15H,1-3H3. The summed E-state index contributed by atoms with van der Waals surface area (Å²) in [5.41, 5.74) is 4.07. The van der Waals surface area contributed by atoms with Gasteiger partial charge >= 0.3 is 0 Å². The molecule has 3 aromatic carbocycles. The summed E-state index contributed by atoms with van der Waals surface area (Å²) >= 11 is 0. The predicted molar refractivity (Wildman–Crippen MR) is 112 cm³/mol. The third-order valence-electron chi connectivity index (χ3n) is 4.81. The van der Waals surface area contributed by atoms with Crippen LogP contribution in [0.2, 0.25) is 0 Å². The van der Waals surface area contributed by atoms with E-state index in [9.17, 15) is 0 Å². The maximum absolute atomic E-state index is 5.68. The predicted octanol–water partition coefficient (Wildman–Crippen LogP) is 5.59. The van der Waals surface area contributed by atoms with Crippen molar-refractivity contribution in [2.75, 3.05) is 21.3 Å². The summed E-state index contributed by atoms with van der Waals surface area (Å²) in [6.07, 6.45) is 1.84. The number of hydrogen-bond donors (Lipinski definition) is 0. The van der Waals surface area contributed by atoms with Crippen molar-refractivity contribution < 1.29 is 14.2 Å². The number of methoxy groups -OCH3 is 3. The van der Waals surface area contributed by atoms with Gasteiger partial charge in [0.25, 0.3) is 0 Å². The van der Waals surface area contributed by atoms with E-state index < -0.39 is 0 Å². The van der Waals surface area contributed by atoms with Gasteiger partial charge in [-0.2, -0.15) is 0 Å². The van der Waals surface area contributed by atoms with E-state index in [1.54, 1.807) is 21.3 Å². The molecule has 0 atom stereocenters. The van der Waals surface area contributed by atoms with Gasteiger partial charge in [-0.1, -0.05) is 60.7 Å². The first-order valence-electron chi connectivity index (χ1n) is 9.01. The van der Waals surface area contributed by atoms with Gasteiger partial charge < -0.3 is 14.2 Å². The van der Waals surface area contributed by atoms with Gasteiger partial charge in [0.2, 0.25) is 5.75 Å². The Balaban J connectivity index is 2.15. The maximum Gasteiger partial charge on any atom is 0.204 e. The van der Waals surface area contributed by atoms with Crippen molar-refractivity contribution in [1.29, 1.82) is 0 Å². The van der Waals surface area contributed by atoms with Gasteiger partial charge in [0.05, 0.1) is 27.0 Å². The fraction of sp³-hybridized carbons (Fsp3) is 0.125. The van der Waals surface area contributed by atoms with Crippen LogP contribution in [0.25, 0.3) is 33.2 Å². The highest BCUT2D eigenvalue weighted by Gasteiger charge is 2.21. The van der Waals surface area contributed by atoms with Crippen molar-refractivity contribution in [3.8, 4) is 39.6 Å². The van der Waals surface area contributed by atoms with Crippen LogP contribution in [0.15, 0.2) is 72.9 Å². The van der Waals surface area contributed by atoms with Crippen LogP contribution < -0.4 is 14.2 Å². The maximum atomic E-state index is 5.68. The van der Waals surface area contributed by atoms with E-state index in [4.69, 9.17) is 19.2 Å². The summed E-state index contributed by atoms with van der Waals surface area (Å²) in [7, 11) is 4.87. The number of aromatic nitrogens is 1. The van der Waals surface area contributed by atoms with Gasteiger partial charge in [-0.05, 0) is 11.6 Å². The number of nitrogens with zero attached hydrogens (tertiary/aromatic N) is 1. The Morgan fingerprint density at radius 3 is 1.82 bits per heavy atom. The molecular weight excluding hydrogens is 350 g/mol. The SMILES string of the molecule is COc1cc2c(-c3ccccc3)c(-c3ccccc3)ncc2c(OC)c1OC. The van der Waals surface area contributed by atoms with Crippen molar-refractivity contribution in [1.82, 2.24) is 4.98 Å². The quantitative estimate of drug-likeness (QED) is 0.458. The van der Waals surface area contributed by atoms with Gasteiger partial charge in [-0.25, -0.2) is 0 Å². The van der Waals surface area contributed by atoms with Crippen molar-refractivity contribution in [3.63, 3.8) is 0 Å². The van der Waals surface area contributed by atoms with Gasteiger partial charge in [0.1, 0.15) is 0 Å². The van der Waals surface area contributed by atoms with E-state index in [0.717, 1.165) is 33.2 Å². The Morgan fingerprint density at radius 1 is 0.643 bits per heavy atom. The first-order chi connectivity index (χ1) is 13.8. The molecule has 0 unspecified atom stereocenters. The van der Waals surface area contributed by atoms with Crippen molar-refractivity contribution in [2.45, 2.75) is 0 Å². The van der Waals surface area contributed by atoms with Crippen LogP contribution >= 0.6 is 0 Å². The second-order valence-corrected chi connectivity index (χ2v) is 6.32. The Labute approximate surface area is 164 Å². The van der Waals surface area contributed by atoms with Gasteiger partial charge in [0, 0.05) is 28.1 Å². The number of ether oxygens (including phenoxy) is 3. The molecule has 1 heterocycles. The molecule has 0 aliphatic rings. The van der Waals surface area contributed by atoms with E-state index in [1.807, 2.05) is 48.7 Å². The molecule has 4 aromatic rings. The molecule has 0 N–H and O–H groups in total. The highest BCUT2D eigenvalue weighted by atomic mass is 16.5.